The zero-order valence-electron chi connectivity index (χ0n) is 17.2. The molecule has 1 aliphatic rings. The quantitative estimate of drug-likeness (QED) is 0.663. The van der Waals surface area contributed by atoms with Crippen LogP contribution in [0.25, 0.3) is 0 Å². The molecule has 2 aromatic rings. The van der Waals surface area contributed by atoms with Gasteiger partial charge in [0.2, 0.25) is 0 Å². The summed E-state index contributed by atoms with van der Waals surface area (Å²) < 4.78 is 10.9. The number of carbonyl (C=O) groups is 2. The molecule has 2 aromatic carbocycles. The third-order valence-electron chi connectivity index (χ3n) is 4.55. The van der Waals surface area contributed by atoms with Crippen molar-refractivity contribution in [1.82, 2.24) is 10.6 Å². The minimum atomic E-state index is -0.221. The van der Waals surface area contributed by atoms with Crippen molar-refractivity contribution < 1.29 is 19.1 Å². The molecule has 0 radical (unpaired) electrons. The van der Waals surface area contributed by atoms with Crippen molar-refractivity contribution in [3.63, 3.8) is 0 Å². The van der Waals surface area contributed by atoms with Crippen LogP contribution in [-0.2, 0) is 4.79 Å². The predicted octanol–water partition coefficient (Wildman–Crippen LogP) is 4.22. The molecule has 0 saturated heterocycles. The summed E-state index contributed by atoms with van der Waals surface area (Å²) in [5, 5.41) is 6.50. The van der Waals surface area contributed by atoms with Crippen LogP contribution in [0, 0.1) is 0 Å². The Morgan fingerprint density at radius 3 is 2.73 bits per heavy atom. The summed E-state index contributed by atoms with van der Waals surface area (Å²) in [6, 6.07) is 10.6. The minimum absolute atomic E-state index is 0.0345. The fourth-order valence-electron chi connectivity index (χ4n) is 3.19. The fourth-order valence-corrected chi connectivity index (χ4v) is 4.48. The molecule has 30 heavy (non-hydrogen) atoms. The van der Waals surface area contributed by atoms with E-state index in [4.69, 9.17) is 21.1 Å². The van der Waals surface area contributed by atoms with E-state index in [2.05, 4.69) is 10.6 Å². The average molecular weight is 449 g/mol. The van der Waals surface area contributed by atoms with Crippen molar-refractivity contribution in [3.8, 4) is 11.5 Å². The van der Waals surface area contributed by atoms with Gasteiger partial charge in [0, 0.05) is 27.3 Å². The normalized spacial score (nSPS) is 15.3. The molecule has 2 N–H and O–H groups in total. The lowest BCUT2D eigenvalue weighted by molar-refractivity contribution is -0.123. The molecule has 6 nitrogen and oxygen atoms in total. The molecule has 1 atom stereocenters. The fraction of sp³-hybridized carbons (Fsp3) is 0.364. The number of halogens is 1. The summed E-state index contributed by atoms with van der Waals surface area (Å²) in [5.74, 6) is 1.29. The third-order valence-corrected chi connectivity index (χ3v) is 5.91. The predicted molar refractivity (Wildman–Crippen MR) is 119 cm³/mol. The third kappa shape index (κ3) is 5.61. The number of carbonyl (C=O) groups excluding carboxylic acids is 2. The molecular weight excluding hydrogens is 424 g/mol. The van der Waals surface area contributed by atoms with Crippen LogP contribution >= 0.6 is 23.4 Å². The lowest BCUT2D eigenvalue weighted by atomic mass is 10.0. The highest BCUT2D eigenvalue weighted by Crippen LogP contribution is 2.38. The van der Waals surface area contributed by atoms with Crippen LogP contribution in [0.3, 0.4) is 0 Å². The smallest absolute Gasteiger partial charge is 0.258 e. The van der Waals surface area contributed by atoms with E-state index in [0.717, 1.165) is 22.6 Å². The van der Waals surface area contributed by atoms with Gasteiger partial charge in [-0.2, -0.15) is 0 Å². The first kappa shape index (κ1) is 22.3. The topological polar surface area (TPSA) is 76.7 Å². The molecule has 3 rings (SSSR count). The second-order valence-corrected chi connectivity index (χ2v) is 8.80. The first-order valence-electron chi connectivity index (χ1n) is 9.70. The molecule has 0 bridgehead atoms. The Morgan fingerprint density at radius 1 is 1.20 bits per heavy atom. The highest BCUT2D eigenvalue weighted by molar-refractivity contribution is 7.99. The summed E-state index contributed by atoms with van der Waals surface area (Å²) in [7, 11) is 1.49. The van der Waals surface area contributed by atoms with Gasteiger partial charge in [-0.15, -0.1) is 11.8 Å². The van der Waals surface area contributed by atoms with Crippen molar-refractivity contribution in [2.24, 2.45) is 0 Å². The van der Waals surface area contributed by atoms with Crippen LogP contribution in [0.2, 0.25) is 5.02 Å². The molecule has 0 aromatic heterocycles. The number of benzene rings is 2. The molecule has 2 amide bonds. The standard InChI is InChI=1S/C22H25ClN2O4S/c1-13(2)24-21(26)12-29-18-6-4-14(10-19(18)28-3)22(27)25-17-8-9-30-20-7-5-15(23)11-16(17)20/h4-7,10-11,13,17H,8-9,12H2,1-3H3,(H,24,26)(H,25,27). The number of rotatable bonds is 7. The number of amides is 2. The van der Waals surface area contributed by atoms with Crippen LogP contribution in [0.5, 0.6) is 11.5 Å². The highest BCUT2D eigenvalue weighted by atomic mass is 35.5. The van der Waals surface area contributed by atoms with Crippen LogP contribution in [0.4, 0.5) is 0 Å². The first-order chi connectivity index (χ1) is 14.4. The molecular formula is C22H25ClN2O4S. The maximum atomic E-state index is 12.9. The second kappa shape index (κ2) is 10.1. The maximum absolute atomic E-state index is 12.9. The van der Waals surface area contributed by atoms with E-state index >= 15 is 0 Å². The van der Waals surface area contributed by atoms with Gasteiger partial charge in [0.1, 0.15) is 0 Å². The summed E-state index contributed by atoms with van der Waals surface area (Å²) >= 11 is 7.92. The van der Waals surface area contributed by atoms with Crippen molar-refractivity contribution in [1.29, 1.82) is 0 Å². The molecule has 1 heterocycles. The maximum Gasteiger partial charge on any atom is 0.258 e. The molecule has 0 fully saturated rings. The molecule has 8 heteroatoms. The van der Waals surface area contributed by atoms with Crippen molar-refractivity contribution >= 4 is 35.2 Å². The first-order valence-corrected chi connectivity index (χ1v) is 11.1. The van der Waals surface area contributed by atoms with Crippen molar-refractivity contribution in [2.45, 2.75) is 37.2 Å². The van der Waals surface area contributed by atoms with E-state index in [9.17, 15) is 9.59 Å². The molecule has 0 saturated carbocycles. The van der Waals surface area contributed by atoms with Gasteiger partial charge in [-0.3, -0.25) is 9.59 Å². The number of ether oxygens (including phenoxy) is 2. The van der Waals surface area contributed by atoms with Gasteiger partial charge in [0.05, 0.1) is 13.2 Å². The van der Waals surface area contributed by atoms with E-state index in [1.807, 2.05) is 32.0 Å². The van der Waals surface area contributed by atoms with Gasteiger partial charge in [0.25, 0.3) is 11.8 Å². The van der Waals surface area contributed by atoms with E-state index in [-0.39, 0.29) is 30.5 Å². The van der Waals surface area contributed by atoms with Gasteiger partial charge in [-0.25, -0.2) is 0 Å². The molecule has 0 aliphatic carbocycles. The van der Waals surface area contributed by atoms with Gasteiger partial charge >= 0.3 is 0 Å². The zero-order chi connectivity index (χ0) is 21.7. The Balaban J connectivity index is 1.70. The van der Waals surface area contributed by atoms with Gasteiger partial charge in [-0.05, 0) is 62.2 Å². The van der Waals surface area contributed by atoms with Crippen LogP contribution in [-0.4, -0.2) is 37.3 Å². The molecule has 160 valence electrons. The summed E-state index contributed by atoms with van der Waals surface area (Å²) in [6.07, 6.45) is 0.826. The number of hydrogen-bond acceptors (Lipinski definition) is 5. The summed E-state index contributed by atoms with van der Waals surface area (Å²) in [6.45, 7) is 3.63. The van der Waals surface area contributed by atoms with Gasteiger partial charge < -0.3 is 20.1 Å². The Morgan fingerprint density at radius 2 is 2.00 bits per heavy atom. The number of thioether (sulfide) groups is 1. The number of fused-ring (bicyclic) bond motifs is 1. The summed E-state index contributed by atoms with van der Waals surface area (Å²) in [5.41, 5.74) is 1.49. The molecule has 1 aliphatic heterocycles. The van der Waals surface area contributed by atoms with Gasteiger partial charge in [0.15, 0.2) is 18.1 Å². The van der Waals surface area contributed by atoms with Crippen molar-refractivity contribution in [2.75, 3.05) is 19.5 Å². The van der Waals surface area contributed by atoms with E-state index in [0.29, 0.717) is 22.1 Å². The molecule has 0 spiro atoms. The minimum Gasteiger partial charge on any atom is -0.493 e. The van der Waals surface area contributed by atoms with Crippen LogP contribution in [0.1, 0.15) is 42.2 Å². The van der Waals surface area contributed by atoms with E-state index < -0.39 is 0 Å². The van der Waals surface area contributed by atoms with Crippen LogP contribution in [0.15, 0.2) is 41.3 Å². The largest absolute Gasteiger partial charge is 0.493 e. The van der Waals surface area contributed by atoms with Crippen molar-refractivity contribution in [3.05, 3.63) is 52.5 Å². The van der Waals surface area contributed by atoms with E-state index in [1.54, 1.807) is 30.0 Å². The highest BCUT2D eigenvalue weighted by Gasteiger charge is 2.23. The Bertz CT molecular complexity index is 935. The lowest BCUT2D eigenvalue weighted by Gasteiger charge is -2.26. The summed E-state index contributed by atoms with van der Waals surface area (Å²) in [4.78, 5) is 25.8. The second-order valence-electron chi connectivity index (χ2n) is 7.22. The number of methoxy groups -OCH3 is 1. The SMILES string of the molecule is COc1cc(C(=O)NC2CCSc3ccc(Cl)cc32)ccc1OCC(=O)NC(C)C. The zero-order valence-corrected chi connectivity index (χ0v) is 18.7. The Labute approximate surface area is 185 Å². The molecule has 1 unspecified atom stereocenters. The number of nitrogens with one attached hydrogen (secondary N) is 2. The van der Waals surface area contributed by atoms with Gasteiger partial charge in [-0.1, -0.05) is 11.6 Å². The lowest BCUT2D eigenvalue weighted by Crippen LogP contribution is -2.34. The monoisotopic (exact) mass is 448 g/mol. The Hall–Kier alpha value is -2.38. The van der Waals surface area contributed by atoms with E-state index in [1.165, 1.54) is 7.11 Å². The number of hydrogen-bond donors (Lipinski definition) is 2. The Kier molecular flexibility index (Phi) is 7.50. The van der Waals surface area contributed by atoms with Crippen LogP contribution < -0.4 is 20.1 Å². The average Bonchev–Trinajstić information content (AvgIpc) is 2.72.